The molecular weight excluding hydrogens is 380 g/mol. The van der Waals surface area contributed by atoms with Crippen LogP contribution in [0, 0.1) is 0 Å². The van der Waals surface area contributed by atoms with Crippen molar-refractivity contribution in [2.24, 2.45) is 0 Å². The predicted molar refractivity (Wildman–Crippen MR) is 85.9 cm³/mol. The van der Waals surface area contributed by atoms with E-state index in [1.165, 1.54) is 6.08 Å². The van der Waals surface area contributed by atoms with Crippen LogP contribution in [0.15, 0.2) is 6.08 Å². The standard InChI is InChI=1S/C15H19F6N5O/c1-7(14(16,17)18)22-12-24-11(9-4-3-5-10(27)6-9)25-13(26-12)23-8(2)15(19,20)21/h6-8,10,27H,3-5H2,1-2H3,(H2,22,23,24,25,26)/t7-,8-,10?/m1/s1. The summed E-state index contributed by atoms with van der Waals surface area (Å²) in [6.45, 7) is 1.66. The van der Waals surface area contributed by atoms with E-state index in [4.69, 9.17) is 0 Å². The van der Waals surface area contributed by atoms with E-state index >= 15 is 0 Å². The van der Waals surface area contributed by atoms with Crippen LogP contribution in [-0.2, 0) is 0 Å². The first-order valence-corrected chi connectivity index (χ1v) is 8.18. The molecule has 152 valence electrons. The van der Waals surface area contributed by atoms with E-state index in [1.807, 2.05) is 10.6 Å². The molecule has 1 unspecified atom stereocenters. The van der Waals surface area contributed by atoms with Crippen LogP contribution in [0.3, 0.4) is 0 Å². The molecule has 6 nitrogen and oxygen atoms in total. The van der Waals surface area contributed by atoms with Crippen LogP contribution in [0.5, 0.6) is 0 Å². The van der Waals surface area contributed by atoms with Gasteiger partial charge in [-0.2, -0.15) is 41.3 Å². The van der Waals surface area contributed by atoms with Crippen molar-refractivity contribution in [3.63, 3.8) is 0 Å². The summed E-state index contributed by atoms with van der Waals surface area (Å²) in [6, 6.07) is -4.04. The minimum atomic E-state index is -4.60. The number of anilines is 2. The van der Waals surface area contributed by atoms with E-state index in [9.17, 15) is 31.4 Å². The summed E-state index contributed by atoms with van der Waals surface area (Å²) in [5.41, 5.74) is 0.432. The Labute approximate surface area is 151 Å². The third-order valence-corrected chi connectivity index (χ3v) is 3.94. The first-order chi connectivity index (χ1) is 12.4. The molecule has 27 heavy (non-hydrogen) atoms. The average molecular weight is 399 g/mol. The van der Waals surface area contributed by atoms with E-state index in [0.29, 0.717) is 24.8 Å². The Bertz CT molecular complexity index is 650. The lowest BCUT2D eigenvalue weighted by molar-refractivity contribution is -0.139. The van der Waals surface area contributed by atoms with Gasteiger partial charge in [-0.1, -0.05) is 0 Å². The van der Waals surface area contributed by atoms with Gasteiger partial charge in [0.05, 0.1) is 6.10 Å². The Hall–Kier alpha value is -2.11. The van der Waals surface area contributed by atoms with E-state index in [0.717, 1.165) is 13.8 Å². The molecule has 3 atom stereocenters. The molecule has 1 heterocycles. The van der Waals surface area contributed by atoms with E-state index in [2.05, 4.69) is 15.0 Å². The highest BCUT2D eigenvalue weighted by atomic mass is 19.4. The van der Waals surface area contributed by atoms with Gasteiger partial charge in [0.25, 0.3) is 0 Å². The number of halogens is 6. The maximum Gasteiger partial charge on any atom is 0.408 e. The minimum absolute atomic E-state index is 0.0856. The summed E-state index contributed by atoms with van der Waals surface area (Å²) < 4.78 is 76.6. The summed E-state index contributed by atoms with van der Waals surface area (Å²) in [5.74, 6) is -1.11. The number of hydrogen-bond acceptors (Lipinski definition) is 6. The number of nitrogens with one attached hydrogen (secondary N) is 2. The number of alkyl halides is 6. The quantitative estimate of drug-likeness (QED) is 0.658. The summed E-state index contributed by atoms with van der Waals surface area (Å²) in [7, 11) is 0. The van der Waals surface area contributed by atoms with E-state index < -0.39 is 42.4 Å². The number of allylic oxidation sites excluding steroid dienone is 1. The molecule has 0 fully saturated rings. The topological polar surface area (TPSA) is 83.0 Å². The van der Waals surface area contributed by atoms with Gasteiger partial charge in [0.15, 0.2) is 5.82 Å². The molecule has 0 saturated carbocycles. The third kappa shape index (κ3) is 5.94. The second kappa shape index (κ2) is 7.87. The fourth-order valence-electron chi connectivity index (χ4n) is 2.29. The van der Waals surface area contributed by atoms with Crippen LogP contribution < -0.4 is 10.6 Å². The Morgan fingerprint density at radius 3 is 1.85 bits per heavy atom. The zero-order chi connectivity index (χ0) is 20.4. The molecule has 1 aliphatic rings. The zero-order valence-electron chi connectivity index (χ0n) is 14.5. The predicted octanol–water partition coefficient (Wildman–Crippen LogP) is 3.53. The molecule has 0 radical (unpaired) electrons. The maximum atomic E-state index is 12.8. The van der Waals surface area contributed by atoms with Crippen LogP contribution in [-0.4, -0.2) is 50.6 Å². The molecule has 1 aromatic heterocycles. The lowest BCUT2D eigenvalue weighted by Crippen LogP contribution is -2.35. The highest BCUT2D eigenvalue weighted by Crippen LogP contribution is 2.28. The minimum Gasteiger partial charge on any atom is -0.389 e. The molecule has 2 rings (SSSR count). The fraction of sp³-hybridized carbons (Fsp3) is 0.667. The number of hydrogen-bond donors (Lipinski definition) is 3. The molecule has 0 aliphatic heterocycles. The number of rotatable bonds is 5. The molecule has 1 aliphatic carbocycles. The number of nitrogens with zero attached hydrogens (tertiary/aromatic N) is 3. The Morgan fingerprint density at radius 2 is 1.44 bits per heavy atom. The van der Waals surface area contributed by atoms with Gasteiger partial charge < -0.3 is 15.7 Å². The first kappa shape index (κ1) is 21.2. The highest BCUT2D eigenvalue weighted by Gasteiger charge is 2.38. The van der Waals surface area contributed by atoms with Crippen molar-refractivity contribution in [1.82, 2.24) is 15.0 Å². The SMILES string of the molecule is C[C@@H](Nc1nc(N[C@H](C)C(F)(F)F)nc(C2=CC(O)CCC2)n1)C(F)(F)F. The summed E-state index contributed by atoms with van der Waals surface area (Å²) in [4.78, 5) is 11.4. The number of aliphatic hydroxyl groups excluding tert-OH is 1. The average Bonchev–Trinajstić information content (AvgIpc) is 2.52. The van der Waals surface area contributed by atoms with Gasteiger partial charge >= 0.3 is 12.4 Å². The lowest BCUT2D eigenvalue weighted by atomic mass is 9.97. The van der Waals surface area contributed by atoms with Crippen molar-refractivity contribution in [2.75, 3.05) is 10.6 Å². The Morgan fingerprint density at radius 1 is 0.963 bits per heavy atom. The largest absolute Gasteiger partial charge is 0.408 e. The first-order valence-electron chi connectivity index (χ1n) is 8.18. The van der Waals surface area contributed by atoms with Crippen LogP contribution in [0.4, 0.5) is 38.2 Å². The van der Waals surface area contributed by atoms with Gasteiger partial charge in [0, 0.05) is 0 Å². The van der Waals surface area contributed by atoms with Crippen LogP contribution in [0.2, 0.25) is 0 Å². The van der Waals surface area contributed by atoms with Crippen molar-refractivity contribution >= 4 is 17.5 Å². The van der Waals surface area contributed by atoms with Gasteiger partial charge in [-0.05, 0) is 44.8 Å². The van der Waals surface area contributed by atoms with E-state index in [-0.39, 0.29) is 5.82 Å². The molecule has 12 heteroatoms. The summed E-state index contributed by atoms with van der Waals surface area (Å²) >= 11 is 0. The number of aromatic nitrogens is 3. The van der Waals surface area contributed by atoms with Crippen molar-refractivity contribution in [3.05, 3.63) is 11.9 Å². The molecule has 0 bridgehead atoms. The number of aliphatic hydroxyl groups is 1. The van der Waals surface area contributed by atoms with Gasteiger partial charge in [0.2, 0.25) is 11.9 Å². The molecule has 1 aromatic rings. The third-order valence-electron chi connectivity index (χ3n) is 3.94. The Balaban J connectivity index is 2.38. The summed E-state index contributed by atoms with van der Waals surface area (Å²) in [5, 5.41) is 13.8. The van der Waals surface area contributed by atoms with Gasteiger partial charge in [-0.3, -0.25) is 0 Å². The normalized spacial score (nSPS) is 20.6. The molecular formula is C15H19F6N5O. The fourth-order valence-corrected chi connectivity index (χ4v) is 2.29. The summed E-state index contributed by atoms with van der Waals surface area (Å²) in [6.07, 6.45) is -7.01. The monoisotopic (exact) mass is 399 g/mol. The van der Waals surface area contributed by atoms with Crippen molar-refractivity contribution in [1.29, 1.82) is 0 Å². The molecule has 0 saturated heterocycles. The highest BCUT2D eigenvalue weighted by molar-refractivity contribution is 5.63. The Kier molecular flexibility index (Phi) is 6.17. The second-order valence-corrected chi connectivity index (χ2v) is 6.27. The smallest absolute Gasteiger partial charge is 0.389 e. The van der Waals surface area contributed by atoms with Gasteiger partial charge in [-0.15, -0.1) is 0 Å². The van der Waals surface area contributed by atoms with Crippen molar-refractivity contribution in [3.8, 4) is 0 Å². The van der Waals surface area contributed by atoms with Crippen LogP contribution in [0.1, 0.15) is 38.9 Å². The molecule has 0 aromatic carbocycles. The maximum absolute atomic E-state index is 12.8. The molecule has 0 amide bonds. The lowest BCUT2D eigenvalue weighted by Gasteiger charge is -2.21. The second-order valence-electron chi connectivity index (χ2n) is 6.27. The van der Waals surface area contributed by atoms with Crippen LogP contribution >= 0.6 is 0 Å². The van der Waals surface area contributed by atoms with Gasteiger partial charge in [0.1, 0.15) is 12.1 Å². The molecule has 0 spiro atoms. The zero-order valence-corrected chi connectivity index (χ0v) is 14.5. The van der Waals surface area contributed by atoms with Crippen LogP contribution in [0.25, 0.3) is 5.57 Å². The van der Waals surface area contributed by atoms with E-state index in [1.54, 1.807) is 0 Å². The van der Waals surface area contributed by atoms with Crippen molar-refractivity contribution < 1.29 is 31.4 Å². The molecule has 3 N–H and O–H groups in total. The van der Waals surface area contributed by atoms with Gasteiger partial charge in [-0.25, -0.2) is 0 Å². The van der Waals surface area contributed by atoms with Crippen molar-refractivity contribution in [2.45, 2.75) is 63.7 Å².